The zero-order valence-corrected chi connectivity index (χ0v) is 10.9. The van der Waals surface area contributed by atoms with Crippen LogP contribution in [0.1, 0.15) is 43.0 Å². The van der Waals surface area contributed by atoms with Crippen LogP contribution < -0.4 is 4.74 Å². The normalized spacial score (nSPS) is 10.1. The van der Waals surface area contributed by atoms with Crippen molar-refractivity contribution in [2.75, 3.05) is 13.7 Å². The van der Waals surface area contributed by atoms with Crippen molar-refractivity contribution < 1.29 is 19.4 Å². The Labute approximate surface area is 108 Å². The number of ether oxygens (including phenoxy) is 2. The van der Waals surface area contributed by atoms with Gasteiger partial charge in [0.1, 0.15) is 5.56 Å². The minimum absolute atomic E-state index is 0.143. The predicted molar refractivity (Wildman–Crippen MR) is 69.1 cm³/mol. The molecule has 4 heteroatoms. The van der Waals surface area contributed by atoms with Crippen molar-refractivity contribution in [2.45, 2.75) is 32.6 Å². The minimum Gasteiger partial charge on any atom is -0.504 e. The molecule has 0 bridgehead atoms. The Morgan fingerprint density at radius 3 is 2.72 bits per heavy atom. The van der Waals surface area contributed by atoms with Gasteiger partial charge in [-0.25, -0.2) is 4.79 Å². The third-order valence-corrected chi connectivity index (χ3v) is 2.67. The fraction of sp³-hybridized carbons (Fsp3) is 0.500. The fourth-order valence-electron chi connectivity index (χ4n) is 1.62. The molecule has 0 unspecified atom stereocenters. The van der Waals surface area contributed by atoms with E-state index in [9.17, 15) is 9.90 Å². The molecule has 0 aromatic heterocycles. The molecule has 0 spiro atoms. The molecule has 0 atom stereocenters. The van der Waals surface area contributed by atoms with Gasteiger partial charge in [0, 0.05) is 0 Å². The lowest BCUT2D eigenvalue weighted by Crippen LogP contribution is -2.07. The van der Waals surface area contributed by atoms with Crippen LogP contribution in [0.15, 0.2) is 18.2 Å². The largest absolute Gasteiger partial charge is 0.504 e. The number of unbranched alkanes of at least 4 members (excludes halogenated alkanes) is 3. The molecule has 0 aliphatic heterocycles. The number of phenolic OH excluding ortho intramolecular Hbond substituents is 1. The van der Waals surface area contributed by atoms with E-state index < -0.39 is 5.97 Å². The maximum absolute atomic E-state index is 11.7. The van der Waals surface area contributed by atoms with E-state index in [0.717, 1.165) is 25.7 Å². The average molecular weight is 252 g/mol. The first-order valence-electron chi connectivity index (χ1n) is 6.23. The number of carbonyl (C=O) groups is 1. The van der Waals surface area contributed by atoms with Crippen molar-refractivity contribution in [3.63, 3.8) is 0 Å². The van der Waals surface area contributed by atoms with Gasteiger partial charge in [0.25, 0.3) is 0 Å². The summed E-state index contributed by atoms with van der Waals surface area (Å²) < 4.78 is 10.0. The Bertz CT molecular complexity index is 387. The third kappa shape index (κ3) is 3.95. The number of hydrogen-bond donors (Lipinski definition) is 1. The molecule has 0 saturated heterocycles. The molecule has 0 fully saturated rings. The molecule has 0 amide bonds. The highest BCUT2D eigenvalue weighted by molar-refractivity contribution is 5.93. The number of benzene rings is 1. The molecule has 4 nitrogen and oxygen atoms in total. The quantitative estimate of drug-likeness (QED) is 0.598. The summed E-state index contributed by atoms with van der Waals surface area (Å²) in [6.07, 6.45) is 4.19. The van der Waals surface area contributed by atoms with Crippen LogP contribution in [0.2, 0.25) is 0 Å². The van der Waals surface area contributed by atoms with Gasteiger partial charge in [-0.2, -0.15) is 0 Å². The summed E-state index contributed by atoms with van der Waals surface area (Å²) in [5.74, 6) is -0.406. The number of rotatable bonds is 7. The summed E-state index contributed by atoms with van der Waals surface area (Å²) in [5.41, 5.74) is 0.143. The first kappa shape index (κ1) is 14.4. The fourth-order valence-corrected chi connectivity index (χ4v) is 1.62. The summed E-state index contributed by atoms with van der Waals surface area (Å²) in [5, 5.41) is 9.77. The molecule has 0 aliphatic rings. The number of hydrogen-bond acceptors (Lipinski definition) is 4. The number of esters is 1. The van der Waals surface area contributed by atoms with Gasteiger partial charge >= 0.3 is 5.97 Å². The lowest BCUT2D eigenvalue weighted by atomic mass is 10.2. The van der Waals surface area contributed by atoms with Crippen LogP contribution in [0.3, 0.4) is 0 Å². The maximum Gasteiger partial charge on any atom is 0.342 e. The maximum atomic E-state index is 11.7. The second kappa shape index (κ2) is 7.58. The van der Waals surface area contributed by atoms with Crippen LogP contribution in [-0.2, 0) is 4.74 Å². The van der Waals surface area contributed by atoms with Crippen molar-refractivity contribution >= 4 is 5.97 Å². The molecule has 1 aromatic carbocycles. The topological polar surface area (TPSA) is 55.8 Å². The van der Waals surface area contributed by atoms with Gasteiger partial charge in [0.05, 0.1) is 13.7 Å². The Kier molecular flexibility index (Phi) is 6.05. The van der Waals surface area contributed by atoms with E-state index in [1.54, 1.807) is 12.1 Å². The van der Waals surface area contributed by atoms with Gasteiger partial charge in [0.15, 0.2) is 11.5 Å². The standard InChI is InChI=1S/C14H20O4/c1-3-4-5-6-10-18-14(16)11-8-7-9-12(17-2)13(11)15/h7-9,15H,3-6,10H2,1-2H3. The molecule has 1 N–H and O–H groups in total. The Morgan fingerprint density at radius 1 is 1.28 bits per heavy atom. The minimum atomic E-state index is -0.511. The van der Waals surface area contributed by atoms with Crippen molar-refractivity contribution in [1.29, 1.82) is 0 Å². The van der Waals surface area contributed by atoms with Crippen LogP contribution >= 0.6 is 0 Å². The molecule has 0 aliphatic carbocycles. The van der Waals surface area contributed by atoms with Crippen LogP contribution in [0.5, 0.6) is 11.5 Å². The average Bonchev–Trinajstić information content (AvgIpc) is 2.38. The summed E-state index contributed by atoms with van der Waals surface area (Å²) in [6.45, 7) is 2.51. The van der Waals surface area contributed by atoms with E-state index in [-0.39, 0.29) is 17.1 Å². The van der Waals surface area contributed by atoms with E-state index in [2.05, 4.69) is 6.92 Å². The Morgan fingerprint density at radius 2 is 2.06 bits per heavy atom. The van der Waals surface area contributed by atoms with Gasteiger partial charge in [-0.15, -0.1) is 0 Å². The SMILES string of the molecule is CCCCCCOC(=O)c1cccc(OC)c1O. The van der Waals surface area contributed by atoms with E-state index in [1.807, 2.05) is 0 Å². The van der Waals surface area contributed by atoms with E-state index >= 15 is 0 Å². The lowest BCUT2D eigenvalue weighted by molar-refractivity contribution is 0.0494. The molecular formula is C14H20O4. The molecule has 1 rings (SSSR count). The molecular weight excluding hydrogens is 232 g/mol. The first-order chi connectivity index (χ1) is 8.70. The van der Waals surface area contributed by atoms with Crippen molar-refractivity contribution in [2.24, 2.45) is 0 Å². The second-order valence-electron chi connectivity index (χ2n) is 4.05. The van der Waals surface area contributed by atoms with Crippen LogP contribution in [-0.4, -0.2) is 24.8 Å². The van der Waals surface area contributed by atoms with Crippen LogP contribution in [0.25, 0.3) is 0 Å². The summed E-state index contributed by atoms with van der Waals surface area (Å²) in [4.78, 5) is 11.7. The van der Waals surface area contributed by atoms with E-state index in [1.165, 1.54) is 13.2 Å². The Balaban J connectivity index is 2.51. The molecule has 0 radical (unpaired) electrons. The van der Waals surface area contributed by atoms with E-state index in [0.29, 0.717) is 6.61 Å². The van der Waals surface area contributed by atoms with E-state index in [4.69, 9.17) is 9.47 Å². The van der Waals surface area contributed by atoms with Crippen molar-refractivity contribution in [3.05, 3.63) is 23.8 Å². The zero-order valence-electron chi connectivity index (χ0n) is 10.9. The highest BCUT2D eigenvalue weighted by Gasteiger charge is 2.15. The van der Waals surface area contributed by atoms with Gasteiger partial charge in [-0.1, -0.05) is 32.3 Å². The molecule has 100 valence electrons. The van der Waals surface area contributed by atoms with Gasteiger partial charge in [0.2, 0.25) is 0 Å². The number of methoxy groups -OCH3 is 1. The molecule has 0 heterocycles. The first-order valence-corrected chi connectivity index (χ1v) is 6.23. The van der Waals surface area contributed by atoms with Crippen LogP contribution in [0, 0.1) is 0 Å². The highest BCUT2D eigenvalue weighted by Crippen LogP contribution is 2.29. The summed E-state index contributed by atoms with van der Waals surface area (Å²) in [7, 11) is 1.44. The number of carbonyl (C=O) groups excluding carboxylic acids is 1. The molecule has 1 aromatic rings. The highest BCUT2D eigenvalue weighted by atomic mass is 16.5. The predicted octanol–water partition coefficient (Wildman–Crippen LogP) is 3.14. The number of phenols is 1. The zero-order chi connectivity index (χ0) is 13.4. The summed E-state index contributed by atoms with van der Waals surface area (Å²) >= 11 is 0. The van der Waals surface area contributed by atoms with Crippen LogP contribution in [0.4, 0.5) is 0 Å². The molecule has 18 heavy (non-hydrogen) atoms. The number of aromatic hydroxyl groups is 1. The van der Waals surface area contributed by atoms with Gasteiger partial charge < -0.3 is 14.6 Å². The smallest absolute Gasteiger partial charge is 0.342 e. The monoisotopic (exact) mass is 252 g/mol. The van der Waals surface area contributed by atoms with Crippen molar-refractivity contribution in [1.82, 2.24) is 0 Å². The molecule has 0 saturated carbocycles. The third-order valence-electron chi connectivity index (χ3n) is 2.67. The van der Waals surface area contributed by atoms with Crippen molar-refractivity contribution in [3.8, 4) is 11.5 Å². The second-order valence-corrected chi connectivity index (χ2v) is 4.05. The van der Waals surface area contributed by atoms with Gasteiger partial charge in [-0.3, -0.25) is 0 Å². The number of para-hydroxylation sites is 1. The summed E-state index contributed by atoms with van der Waals surface area (Å²) in [6, 6.07) is 4.76. The lowest BCUT2D eigenvalue weighted by Gasteiger charge is -2.08. The Hall–Kier alpha value is -1.71. The van der Waals surface area contributed by atoms with Gasteiger partial charge in [-0.05, 0) is 18.6 Å².